The van der Waals surface area contributed by atoms with Crippen molar-refractivity contribution in [1.29, 1.82) is 0 Å². The topological polar surface area (TPSA) is 63.6 Å². The van der Waals surface area contributed by atoms with E-state index in [0.29, 0.717) is 6.42 Å². The van der Waals surface area contributed by atoms with E-state index in [1.165, 1.54) is 0 Å². The van der Waals surface area contributed by atoms with E-state index in [1.54, 1.807) is 6.92 Å². The molecule has 0 aromatic carbocycles. The highest BCUT2D eigenvalue weighted by atomic mass is 19.1. The van der Waals surface area contributed by atoms with Crippen molar-refractivity contribution < 1.29 is 23.8 Å². The summed E-state index contributed by atoms with van der Waals surface area (Å²) >= 11 is 0. The molecule has 0 aliphatic rings. The monoisotopic (exact) mass is 206 g/mol. The molecular formula is C9H15FO4. The van der Waals surface area contributed by atoms with Crippen molar-refractivity contribution in [3.8, 4) is 0 Å². The van der Waals surface area contributed by atoms with Gasteiger partial charge in [0.25, 0.3) is 0 Å². The molecule has 2 unspecified atom stereocenters. The van der Waals surface area contributed by atoms with Gasteiger partial charge in [-0.3, -0.25) is 4.79 Å². The van der Waals surface area contributed by atoms with Crippen LogP contribution in [0.1, 0.15) is 33.1 Å². The average molecular weight is 206 g/mol. The summed E-state index contributed by atoms with van der Waals surface area (Å²) in [6.45, 7) is 3.46. The van der Waals surface area contributed by atoms with Crippen LogP contribution in [-0.2, 0) is 14.3 Å². The summed E-state index contributed by atoms with van der Waals surface area (Å²) in [5.41, 5.74) is 0. The Labute approximate surface area is 82.1 Å². The average Bonchev–Trinajstić information content (AvgIpc) is 2.13. The summed E-state index contributed by atoms with van der Waals surface area (Å²) in [6, 6.07) is 0. The maximum Gasteiger partial charge on any atom is 0.340 e. The molecule has 0 saturated carbocycles. The van der Waals surface area contributed by atoms with E-state index in [9.17, 15) is 14.0 Å². The van der Waals surface area contributed by atoms with E-state index in [0.717, 1.165) is 0 Å². The Kier molecular flexibility index (Phi) is 5.83. The molecule has 0 saturated heterocycles. The number of carbonyl (C=O) groups is 2. The maximum absolute atomic E-state index is 12.9. The third-order valence-electron chi connectivity index (χ3n) is 1.76. The number of aliphatic carboxylic acids is 1. The van der Waals surface area contributed by atoms with Gasteiger partial charge in [-0.25, -0.2) is 9.18 Å². The molecule has 0 spiro atoms. The molecule has 82 valence electrons. The largest absolute Gasteiger partial charge is 0.481 e. The number of esters is 1. The van der Waals surface area contributed by atoms with E-state index in [2.05, 4.69) is 4.74 Å². The molecular weight excluding hydrogens is 191 g/mol. The maximum atomic E-state index is 12.9. The molecule has 0 heterocycles. The van der Waals surface area contributed by atoms with E-state index in [4.69, 9.17) is 5.11 Å². The first-order valence-corrected chi connectivity index (χ1v) is 4.53. The van der Waals surface area contributed by atoms with Crippen molar-refractivity contribution in [2.45, 2.75) is 45.4 Å². The molecule has 0 bridgehead atoms. The number of hydrogen-bond acceptors (Lipinski definition) is 3. The number of hydrogen-bond donors (Lipinski definition) is 1. The van der Waals surface area contributed by atoms with Crippen molar-refractivity contribution in [2.75, 3.05) is 0 Å². The van der Waals surface area contributed by atoms with Gasteiger partial charge in [-0.2, -0.15) is 0 Å². The summed E-state index contributed by atoms with van der Waals surface area (Å²) in [5.74, 6) is -2.09. The fourth-order valence-corrected chi connectivity index (χ4v) is 0.723. The molecule has 0 aliphatic carbocycles. The first kappa shape index (κ1) is 12.9. The van der Waals surface area contributed by atoms with Gasteiger partial charge in [0, 0.05) is 6.42 Å². The van der Waals surface area contributed by atoms with Crippen molar-refractivity contribution in [2.24, 2.45) is 0 Å². The molecule has 4 nitrogen and oxygen atoms in total. The lowest BCUT2D eigenvalue weighted by atomic mass is 10.2. The number of carboxylic acids is 1. The SMILES string of the molecule is CCC(C)OC(=O)C(F)CCC(=O)O. The number of carboxylic acid groups (broad SMARTS) is 1. The van der Waals surface area contributed by atoms with Crippen molar-refractivity contribution >= 4 is 11.9 Å². The van der Waals surface area contributed by atoms with E-state index in [1.807, 2.05) is 6.92 Å². The minimum absolute atomic E-state index is 0.328. The van der Waals surface area contributed by atoms with E-state index >= 15 is 0 Å². The first-order chi connectivity index (χ1) is 6.47. The minimum atomic E-state index is -1.83. The van der Waals surface area contributed by atoms with E-state index < -0.39 is 18.1 Å². The van der Waals surface area contributed by atoms with Crippen LogP contribution in [0.25, 0.3) is 0 Å². The Morgan fingerprint density at radius 2 is 2.07 bits per heavy atom. The summed E-state index contributed by atoms with van der Waals surface area (Å²) in [7, 11) is 0. The molecule has 14 heavy (non-hydrogen) atoms. The highest BCUT2D eigenvalue weighted by Crippen LogP contribution is 2.07. The van der Waals surface area contributed by atoms with Crippen molar-refractivity contribution in [3.05, 3.63) is 0 Å². The Morgan fingerprint density at radius 3 is 2.50 bits per heavy atom. The molecule has 0 aromatic heterocycles. The van der Waals surface area contributed by atoms with Crippen LogP contribution in [0, 0.1) is 0 Å². The van der Waals surface area contributed by atoms with Crippen molar-refractivity contribution in [1.82, 2.24) is 0 Å². The van der Waals surface area contributed by atoms with Gasteiger partial charge in [0.2, 0.25) is 0 Å². The van der Waals surface area contributed by atoms with Gasteiger partial charge < -0.3 is 9.84 Å². The van der Waals surface area contributed by atoms with Gasteiger partial charge in [0.05, 0.1) is 6.10 Å². The zero-order valence-electron chi connectivity index (χ0n) is 8.33. The fraction of sp³-hybridized carbons (Fsp3) is 0.778. The second-order valence-corrected chi connectivity index (χ2v) is 3.06. The number of halogens is 1. The normalized spacial score (nSPS) is 14.5. The van der Waals surface area contributed by atoms with Gasteiger partial charge in [0.15, 0.2) is 6.17 Å². The number of carbonyl (C=O) groups excluding carboxylic acids is 1. The highest BCUT2D eigenvalue weighted by molar-refractivity contribution is 5.75. The highest BCUT2D eigenvalue weighted by Gasteiger charge is 2.21. The van der Waals surface area contributed by atoms with Crippen molar-refractivity contribution in [3.63, 3.8) is 0 Å². The third-order valence-corrected chi connectivity index (χ3v) is 1.76. The van der Waals surface area contributed by atoms with Crippen LogP contribution in [0.15, 0.2) is 0 Å². The van der Waals surface area contributed by atoms with Crippen LogP contribution >= 0.6 is 0 Å². The lowest BCUT2D eigenvalue weighted by Gasteiger charge is -2.12. The Bertz CT molecular complexity index is 205. The summed E-state index contributed by atoms with van der Waals surface area (Å²) < 4.78 is 17.6. The summed E-state index contributed by atoms with van der Waals surface area (Å²) in [4.78, 5) is 21.0. The Balaban J connectivity index is 3.81. The molecule has 2 atom stereocenters. The van der Waals surface area contributed by atoms with Crippen LogP contribution in [0.3, 0.4) is 0 Å². The minimum Gasteiger partial charge on any atom is -0.481 e. The Hall–Kier alpha value is -1.13. The molecule has 0 aromatic rings. The second kappa shape index (κ2) is 6.34. The molecule has 0 amide bonds. The molecule has 5 heteroatoms. The zero-order valence-corrected chi connectivity index (χ0v) is 8.33. The lowest BCUT2D eigenvalue weighted by molar-refractivity contribution is -0.155. The van der Waals surface area contributed by atoms with Crippen LogP contribution < -0.4 is 0 Å². The van der Waals surface area contributed by atoms with Gasteiger partial charge >= 0.3 is 11.9 Å². The smallest absolute Gasteiger partial charge is 0.340 e. The fourth-order valence-electron chi connectivity index (χ4n) is 0.723. The number of rotatable bonds is 6. The predicted molar refractivity (Wildman–Crippen MR) is 47.6 cm³/mol. The van der Waals surface area contributed by atoms with Crippen LogP contribution in [0.5, 0.6) is 0 Å². The van der Waals surface area contributed by atoms with Gasteiger partial charge in [-0.15, -0.1) is 0 Å². The molecule has 1 N–H and O–H groups in total. The van der Waals surface area contributed by atoms with E-state index in [-0.39, 0.29) is 18.9 Å². The zero-order chi connectivity index (χ0) is 11.1. The number of ether oxygens (including phenoxy) is 1. The molecule has 0 rings (SSSR count). The second-order valence-electron chi connectivity index (χ2n) is 3.06. The molecule has 0 aliphatic heterocycles. The lowest BCUT2D eigenvalue weighted by Crippen LogP contribution is -2.24. The van der Waals surface area contributed by atoms with Gasteiger partial charge in [-0.1, -0.05) is 6.92 Å². The van der Waals surface area contributed by atoms with Crippen LogP contribution in [0.2, 0.25) is 0 Å². The first-order valence-electron chi connectivity index (χ1n) is 4.53. The molecule has 0 fully saturated rings. The quantitative estimate of drug-likeness (QED) is 0.669. The summed E-state index contributed by atoms with van der Waals surface area (Å²) in [6.07, 6.45) is -2.25. The molecule has 0 radical (unpaired) electrons. The van der Waals surface area contributed by atoms with Crippen LogP contribution in [0.4, 0.5) is 4.39 Å². The predicted octanol–water partition coefficient (Wildman–Crippen LogP) is 1.53. The Morgan fingerprint density at radius 1 is 1.50 bits per heavy atom. The number of alkyl halides is 1. The van der Waals surface area contributed by atoms with Gasteiger partial charge in [0.1, 0.15) is 0 Å². The standard InChI is InChI=1S/C9H15FO4/c1-3-6(2)14-9(13)7(10)4-5-8(11)12/h6-7H,3-5H2,1-2H3,(H,11,12). The third kappa shape index (κ3) is 5.50. The summed E-state index contributed by atoms with van der Waals surface area (Å²) in [5, 5.41) is 8.25. The van der Waals surface area contributed by atoms with Crippen LogP contribution in [-0.4, -0.2) is 29.3 Å². The van der Waals surface area contributed by atoms with Gasteiger partial charge in [-0.05, 0) is 19.8 Å².